The Morgan fingerprint density at radius 1 is 1.05 bits per heavy atom. The van der Waals surface area contributed by atoms with Crippen LogP contribution in [0.4, 0.5) is 13.2 Å². The van der Waals surface area contributed by atoms with Gasteiger partial charge in [-0.15, -0.1) is 0 Å². The fraction of sp³-hybridized carbons (Fsp3) is 0.645. The first-order chi connectivity index (χ1) is 20.2. The quantitative estimate of drug-likeness (QED) is 0.429. The molecule has 1 N–H and O–H groups in total. The molecular formula is C31H41F3N4O4S. The van der Waals surface area contributed by atoms with Crippen LogP contribution in [-0.4, -0.2) is 66.6 Å². The Morgan fingerprint density at radius 3 is 2.28 bits per heavy atom. The number of hydrogen-bond acceptors (Lipinski definition) is 5. The van der Waals surface area contributed by atoms with Crippen molar-refractivity contribution in [2.45, 2.75) is 96.3 Å². The van der Waals surface area contributed by atoms with Crippen molar-refractivity contribution >= 4 is 33.7 Å². The molecule has 0 atom stereocenters. The summed E-state index contributed by atoms with van der Waals surface area (Å²) in [7, 11) is -3.73. The van der Waals surface area contributed by atoms with Gasteiger partial charge in [-0.25, -0.2) is 8.42 Å². The summed E-state index contributed by atoms with van der Waals surface area (Å²) in [5.74, 6) is 0.618. The largest absolute Gasteiger partial charge is 0.389 e. The average molecular weight is 623 g/mol. The number of aliphatic imine (C=N–C) groups is 1. The highest BCUT2D eigenvalue weighted by Gasteiger charge is 2.48. The zero-order valence-electron chi connectivity index (χ0n) is 24.9. The summed E-state index contributed by atoms with van der Waals surface area (Å²) < 4.78 is 65.7. The number of alkyl halides is 3. The van der Waals surface area contributed by atoms with Crippen LogP contribution in [0.1, 0.15) is 86.5 Å². The summed E-state index contributed by atoms with van der Waals surface area (Å²) in [6.45, 7) is 5.52. The zero-order chi connectivity index (χ0) is 31.0. The SMILES string of the molecule is Cc1cc(CN2CCCC2=O)cc(C)c1/C=C/S(=O)(=O)N1CCC2(CC1)N=C(C1CCC(CCC(F)(F)F)CC1)NC2=O. The monoisotopic (exact) mass is 622 g/mol. The van der Waals surface area contributed by atoms with Gasteiger partial charge in [0.05, 0.1) is 0 Å². The highest BCUT2D eigenvalue weighted by atomic mass is 32.2. The van der Waals surface area contributed by atoms with Crippen molar-refractivity contribution in [2.24, 2.45) is 16.8 Å². The van der Waals surface area contributed by atoms with Crippen LogP contribution in [0.5, 0.6) is 0 Å². The molecule has 1 aromatic carbocycles. The minimum atomic E-state index is -4.13. The van der Waals surface area contributed by atoms with E-state index in [1.165, 1.54) is 9.71 Å². The van der Waals surface area contributed by atoms with Crippen LogP contribution in [0.3, 0.4) is 0 Å². The Bertz CT molecular complexity index is 1380. The van der Waals surface area contributed by atoms with E-state index < -0.39 is 28.2 Å². The number of nitrogens with zero attached hydrogens (tertiary/aromatic N) is 3. The number of piperidine rings is 1. The van der Waals surface area contributed by atoms with E-state index in [1.54, 1.807) is 6.08 Å². The van der Waals surface area contributed by atoms with Crippen LogP contribution in [0.2, 0.25) is 0 Å². The van der Waals surface area contributed by atoms with Crippen molar-refractivity contribution in [3.05, 3.63) is 39.8 Å². The molecule has 2 saturated heterocycles. The van der Waals surface area contributed by atoms with E-state index in [-0.39, 0.29) is 56.0 Å². The number of halogens is 3. The van der Waals surface area contributed by atoms with Crippen LogP contribution in [0.25, 0.3) is 6.08 Å². The van der Waals surface area contributed by atoms with Crippen molar-refractivity contribution in [1.82, 2.24) is 14.5 Å². The molecule has 0 aromatic heterocycles. The molecule has 2 amide bonds. The zero-order valence-corrected chi connectivity index (χ0v) is 25.7. The molecule has 3 fully saturated rings. The molecule has 8 nitrogen and oxygen atoms in total. The van der Waals surface area contributed by atoms with E-state index in [1.807, 2.05) is 30.9 Å². The van der Waals surface area contributed by atoms with Gasteiger partial charge in [-0.05, 0) is 99.5 Å². The lowest BCUT2D eigenvalue weighted by molar-refractivity contribution is -0.138. The van der Waals surface area contributed by atoms with Crippen LogP contribution in [0.15, 0.2) is 22.5 Å². The number of likely N-dealkylation sites (tertiary alicyclic amines) is 1. The highest BCUT2D eigenvalue weighted by Crippen LogP contribution is 2.38. The van der Waals surface area contributed by atoms with E-state index in [2.05, 4.69) is 5.32 Å². The van der Waals surface area contributed by atoms with E-state index in [4.69, 9.17) is 4.99 Å². The maximum absolute atomic E-state index is 13.2. The first-order valence-electron chi connectivity index (χ1n) is 15.3. The third kappa shape index (κ3) is 7.33. The second kappa shape index (κ2) is 12.3. The van der Waals surface area contributed by atoms with Crippen LogP contribution in [-0.2, 0) is 26.2 Å². The summed E-state index contributed by atoms with van der Waals surface area (Å²) in [6, 6.07) is 4.00. The van der Waals surface area contributed by atoms with Crippen LogP contribution >= 0.6 is 0 Å². The van der Waals surface area contributed by atoms with E-state index in [0.29, 0.717) is 44.5 Å². The predicted molar refractivity (Wildman–Crippen MR) is 158 cm³/mol. The topological polar surface area (TPSA) is 99.2 Å². The van der Waals surface area contributed by atoms with Crippen molar-refractivity contribution in [1.29, 1.82) is 0 Å². The molecule has 0 bridgehead atoms. The predicted octanol–water partition coefficient (Wildman–Crippen LogP) is 5.24. The van der Waals surface area contributed by atoms with Gasteiger partial charge in [0.1, 0.15) is 11.4 Å². The summed E-state index contributed by atoms with van der Waals surface area (Å²) in [5.41, 5.74) is 2.73. The lowest BCUT2D eigenvalue weighted by atomic mass is 9.79. The number of carbonyl (C=O) groups excluding carboxylic acids is 2. The number of benzene rings is 1. The van der Waals surface area contributed by atoms with Gasteiger partial charge < -0.3 is 10.2 Å². The molecular weight excluding hydrogens is 581 g/mol. The lowest BCUT2D eigenvalue weighted by Crippen LogP contribution is -2.50. The molecule has 0 unspecified atom stereocenters. The molecule has 0 radical (unpaired) electrons. The lowest BCUT2D eigenvalue weighted by Gasteiger charge is -2.34. The van der Waals surface area contributed by atoms with Crippen LogP contribution < -0.4 is 5.32 Å². The molecule has 236 valence electrons. The number of sulfonamides is 1. The molecule has 12 heteroatoms. The van der Waals surface area contributed by atoms with Crippen molar-refractivity contribution < 1.29 is 31.2 Å². The Labute approximate surface area is 251 Å². The minimum Gasteiger partial charge on any atom is -0.338 e. The second-order valence-electron chi connectivity index (χ2n) is 12.7. The molecule has 43 heavy (non-hydrogen) atoms. The minimum absolute atomic E-state index is 0.0175. The standard InChI is InChI=1S/C31H41F3N4O4S/c1-21-18-24(20-37-14-3-4-27(37)39)19-22(2)26(21)10-17-43(41,42)38-15-12-30(13-16-38)29(40)35-28(36-30)25-7-5-23(6-8-25)9-11-31(32,33)34/h10,17-19,23,25H,3-9,11-16,20H2,1-2H3,(H,35,36,40)/b17-10+. The van der Waals surface area contributed by atoms with E-state index >= 15 is 0 Å². The molecule has 4 aliphatic rings. The third-order valence-corrected chi connectivity index (χ3v) is 11.1. The van der Waals surface area contributed by atoms with Gasteiger partial charge >= 0.3 is 6.18 Å². The van der Waals surface area contributed by atoms with Gasteiger partial charge in [-0.1, -0.05) is 12.1 Å². The number of aryl methyl sites for hydroxylation is 2. The first kappa shape index (κ1) is 31.7. The smallest absolute Gasteiger partial charge is 0.338 e. The maximum Gasteiger partial charge on any atom is 0.389 e. The highest BCUT2D eigenvalue weighted by molar-refractivity contribution is 7.92. The molecule has 1 aromatic rings. The van der Waals surface area contributed by atoms with E-state index in [9.17, 15) is 31.2 Å². The number of rotatable bonds is 8. The van der Waals surface area contributed by atoms with Crippen molar-refractivity contribution in [3.63, 3.8) is 0 Å². The maximum atomic E-state index is 13.2. The Balaban J connectivity index is 1.17. The Morgan fingerprint density at radius 2 is 1.70 bits per heavy atom. The first-order valence-corrected chi connectivity index (χ1v) is 16.8. The normalized spacial score (nSPS) is 25.1. The van der Waals surface area contributed by atoms with Gasteiger partial charge in [0, 0.05) is 50.3 Å². The molecule has 5 rings (SSSR count). The number of carbonyl (C=O) groups is 2. The third-order valence-electron chi connectivity index (χ3n) is 9.58. The Kier molecular flexibility index (Phi) is 9.09. The van der Waals surface area contributed by atoms with Gasteiger partial charge in [-0.2, -0.15) is 17.5 Å². The van der Waals surface area contributed by atoms with Gasteiger partial charge in [0.15, 0.2) is 0 Å². The average Bonchev–Trinajstić information content (AvgIpc) is 3.49. The number of nitrogens with one attached hydrogen (secondary N) is 1. The molecule has 1 spiro atoms. The molecule has 1 aliphatic carbocycles. The summed E-state index contributed by atoms with van der Waals surface area (Å²) in [5, 5.41) is 4.15. The number of amides is 2. The van der Waals surface area contributed by atoms with Crippen LogP contribution in [0, 0.1) is 25.7 Å². The van der Waals surface area contributed by atoms with Crippen molar-refractivity contribution in [2.75, 3.05) is 19.6 Å². The molecule has 3 aliphatic heterocycles. The number of amidine groups is 1. The summed E-state index contributed by atoms with van der Waals surface area (Å²) >= 11 is 0. The fourth-order valence-corrected chi connectivity index (χ4v) is 8.20. The van der Waals surface area contributed by atoms with Crippen molar-refractivity contribution in [3.8, 4) is 0 Å². The molecule has 3 heterocycles. The summed E-state index contributed by atoms with van der Waals surface area (Å²) in [4.78, 5) is 31.7. The van der Waals surface area contributed by atoms with E-state index in [0.717, 1.165) is 35.2 Å². The second-order valence-corrected chi connectivity index (χ2v) is 14.5. The van der Waals surface area contributed by atoms with Gasteiger partial charge in [0.2, 0.25) is 15.9 Å². The number of hydrogen-bond donors (Lipinski definition) is 1. The Hall–Kier alpha value is -2.73. The molecule has 1 saturated carbocycles. The van der Waals surface area contributed by atoms with Gasteiger partial charge in [-0.3, -0.25) is 14.6 Å². The van der Waals surface area contributed by atoms with Gasteiger partial charge in [0.25, 0.3) is 5.91 Å². The fourth-order valence-electron chi connectivity index (χ4n) is 7.03. The summed E-state index contributed by atoms with van der Waals surface area (Å²) in [6.07, 6.45) is 1.64.